The molecule has 0 rings (SSSR count). The summed E-state index contributed by atoms with van der Waals surface area (Å²) in [5.74, 6) is 0.162. The first-order valence-corrected chi connectivity index (χ1v) is 8.17. The largest absolute Gasteiger partial charge is 1.00 e. The third kappa shape index (κ3) is 49.9. The number of nitrogens with one attached hydrogen (secondary N) is 1. The molecule has 0 saturated carbocycles. The summed E-state index contributed by atoms with van der Waals surface area (Å²) in [5.41, 5.74) is 0. The van der Waals surface area contributed by atoms with Crippen LogP contribution in [0.3, 0.4) is 0 Å². The van der Waals surface area contributed by atoms with Crippen molar-refractivity contribution < 1.29 is 42.5 Å². The number of rotatable bonds is 9. The maximum atomic E-state index is 10.5. The summed E-state index contributed by atoms with van der Waals surface area (Å²) < 4.78 is 0. The second-order valence-corrected chi connectivity index (χ2v) is 4.23. The smallest absolute Gasteiger partial charge is 0.662 e. The molecule has 0 radical (unpaired) electrons. The van der Waals surface area contributed by atoms with Gasteiger partial charge in [-0.2, -0.15) is 13.1 Å². The molecule has 1 amide bonds. The minimum atomic E-state index is 0. The molecule has 124 valence electrons. The SMILES string of the molecule is CCCC(=O)NCC.CCC[N-]CC.CCC[N-]CC.[Li+].[Li+]. The van der Waals surface area contributed by atoms with E-state index in [4.69, 9.17) is 0 Å². The molecule has 0 spiro atoms. The van der Waals surface area contributed by atoms with Gasteiger partial charge in [-0.3, -0.25) is 4.79 Å². The molecule has 6 heteroatoms. The Morgan fingerprint density at radius 2 is 1.18 bits per heavy atom. The number of hydrogen-bond acceptors (Lipinski definition) is 1. The Morgan fingerprint density at radius 3 is 1.36 bits per heavy atom. The fourth-order valence-electron chi connectivity index (χ4n) is 1.15. The summed E-state index contributed by atoms with van der Waals surface area (Å²) in [5, 5.41) is 10.9. The molecule has 0 aromatic rings. The van der Waals surface area contributed by atoms with Crippen molar-refractivity contribution in [3.05, 3.63) is 10.6 Å². The summed E-state index contributed by atoms with van der Waals surface area (Å²) >= 11 is 0. The van der Waals surface area contributed by atoms with E-state index >= 15 is 0 Å². The standard InChI is InChI=1S/C6H13NO.2C5H12N.2Li/c1-3-5-6(8)7-4-2;2*1-3-5-6-4-2;;/h3-5H2,1-2H3,(H,7,8);2*3-5H2,1-2H3;;/q;2*-1;2*+1. The maximum Gasteiger partial charge on any atom is 1.00 e. The molecule has 0 aliphatic rings. The van der Waals surface area contributed by atoms with Crippen LogP contribution in [0.1, 0.15) is 67.2 Å². The zero-order chi connectivity index (χ0) is 16.1. The molecule has 0 aliphatic carbocycles. The molecule has 0 aliphatic heterocycles. The van der Waals surface area contributed by atoms with Gasteiger partial charge in [-0.25, -0.2) is 0 Å². The normalized spacial score (nSPS) is 8.09. The van der Waals surface area contributed by atoms with Gasteiger partial charge in [0.25, 0.3) is 0 Å². The summed E-state index contributed by atoms with van der Waals surface area (Å²) in [4.78, 5) is 10.5. The molecule has 0 atom stereocenters. The predicted octanol–water partition coefficient (Wildman–Crippen LogP) is -1.49. The average molecular weight is 301 g/mol. The van der Waals surface area contributed by atoms with Crippen LogP contribution in [0.5, 0.6) is 0 Å². The minimum absolute atomic E-state index is 0. The minimum Gasteiger partial charge on any atom is -0.662 e. The third-order valence-corrected chi connectivity index (χ3v) is 2.06. The second-order valence-electron chi connectivity index (χ2n) is 4.23. The van der Waals surface area contributed by atoms with Crippen LogP contribution < -0.4 is 43.0 Å². The van der Waals surface area contributed by atoms with Crippen molar-refractivity contribution in [1.82, 2.24) is 5.32 Å². The molecule has 0 fully saturated rings. The van der Waals surface area contributed by atoms with Crippen molar-refractivity contribution in [3.8, 4) is 0 Å². The Kier molecular flexibility index (Phi) is 58.2. The second kappa shape index (κ2) is 37.7. The molecule has 0 saturated heterocycles. The first-order valence-electron chi connectivity index (χ1n) is 8.17. The van der Waals surface area contributed by atoms with Crippen LogP contribution in [-0.4, -0.2) is 38.6 Å². The Labute approximate surface area is 164 Å². The molecule has 0 unspecified atom stereocenters. The molecule has 22 heavy (non-hydrogen) atoms. The molecule has 0 bridgehead atoms. The Bertz CT molecular complexity index is 149. The van der Waals surface area contributed by atoms with Gasteiger partial charge >= 0.3 is 37.7 Å². The monoisotopic (exact) mass is 301 g/mol. The molecule has 0 aromatic carbocycles. The van der Waals surface area contributed by atoms with Crippen molar-refractivity contribution in [2.24, 2.45) is 0 Å². The summed E-state index contributed by atoms with van der Waals surface area (Å²) in [6.07, 6.45) is 3.97. The Morgan fingerprint density at radius 1 is 0.773 bits per heavy atom. The number of amides is 1. The number of nitrogens with zero attached hydrogens (tertiary/aromatic N) is 2. The van der Waals surface area contributed by atoms with Crippen LogP contribution >= 0.6 is 0 Å². The van der Waals surface area contributed by atoms with Gasteiger partial charge in [0.2, 0.25) is 5.91 Å². The van der Waals surface area contributed by atoms with Gasteiger partial charge in [0, 0.05) is 13.0 Å². The van der Waals surface area contributed by atoms with Crippen LogP contribution in [0.25, 0.3) is 10.6 Å². The van der Waals surface area contributed by atoms with Gasteiger partial charge < -0.3 is 16.0 Å². The fourth-order valence-corrected chi connectivity index (χ4v) is 1.15. The quantitative estimate of drug-likeness (QED) is 0.409. The summed E-state index contributed by atoms with van der Waals surface area (Å²) in [7, 11) is 0. The van der Waals surface area contributed by atoms with Gasteiger partial charge in [-0.05, 0) is 13.3 Å². The molecular formula is C16H37Li2N3O. The summed E-state index contributed by atoms with van der Waals surface area (Å²) in [6.45, 7) is 17.1. The van der Waals surface area contributed by atoms with Gasteiger partial charge in [-0.15, -0.1) is 13.1 Å². The van der Waals surface area contributed by atoms with Gasteiger partial charge in [0.1, 0.15) is 0 Å². The van der Waals surface area contributed by atoms with Crippen molar-refractivity contribution in [3.63, 3.8) is 0 Å². The fraction of sp³-hybridized carbons (Fsp3) is 0.938. The Hall–Kier alpha value is 0.585. The number of carbonyl (C=O) groups is 1. The van der Waals surface area contributed by atoms with E-state index in [9.17, 15) is 4.79 Å². The van der Waals surface area contributed by atoms with Crippen LogP contribution in [0.2, 0.25) is 0 Å². The van der Waals surface area contributed by atoms with Crippen LogP contribution in [0.4, 0.5) is 0 Å². The zero-order valence-electron chi connectivity index (χ0n) is 16.7. The van der Waals surface area contributed by atoms with Gasteiger partial charge in [0.15, 0.2) is 0 Å². The van der Waals surface area contributed by atoms with Crippen LogP contribution in [0, 0.1) is 0 Å². The molecule has 4 nitrogen and oxygen atoms in total. The molecular weight excluding hydrogens is 264 g/mol. The molecule has 0 aromatic heterocycles. The van der Waals surface area contributed by atoms with Gasteiger partial charge in [-0.1, -0.05) is 47.5 Å². The third-order valence-electron chi connectivity index (χ3n) is 2.06. The molecule has 1 N–H and O–H groups in total. The van der Waals surface area contributed by atoms with E-state index in [2.05, 4.69) is 43.6 Å². The van der Waals surface area contributed by atoms with E-state index in [1.807, 2.05) is 13.8 Å². The zero-order valence-corrected chi connectivity index (χ0v) is 16.7. The van der Waals surface area contributed by atoms with E-state index in [0.29, 0.717) is 6.42 Å². The first-order chi connectivity index (χ1) is 9.64. The van der Waals surface area contributed by atoms with Crippen LogP contribution in [0.15, 0.2) is 0 Å². The predicted molar refractivity (Wildman–Crippen MR) is 91.7 cm³/mol. The van der Waals surface area contributed by atoms with E-state index in [1.165, 1.54) is 12.8 Å². The maximum absolute atomic E-state index is 10.5. The first kappa shape index (κ1) is 34.0. The topological polar surface area (TPSA) is 57.3 Å². The van der Waals surface area contributed by atoms with E-state index in [0.717, 1.165) is 39.1 Å². The average Bonchev–Trinajstić information content (AvgIpc) is 2.45. The number of hydrogen-bond donors (Lipinski definition) is 1. The van der Waals surface area contributed by atoms with Gasteiger partial charge in [0.05, 0.1) is 0 Å². The van der Waals surface area contributed by atoms with Crippen molar-refractivity contribution in [2.45, 2.75) is 67.2 Å². The van der Waals surface area contributed by atoms with Crippen molar-refractivity contribution in [1.29, 1.82) is 0 Å². The molecule has 0 heterocycles. The van der Waals surface area contributed by atoms with Crippen LogP contribution in [-0.2, 0) is 4.79 Å². The van der Waals surface area contributed by atoms with E-state index in [-0.39, 0.29) is 43.6 Å². The van der Waals surface area contributed by atoms with Crippen molar-refractivity contribution >= 4 is 5.91 Å². The summed E-state index contributed by atoms with van der Waals surface area (Å²) in [6, 6.07) is 0. The van der Waals surface area contributed by atoms with E-state index in [1.54, 1.807) is 0 Å². The number of carbonyl (C=O) groups excluding carboxylic acids is 1. The van der Waals surface area contributed by atoms with E-state index < -0.39 is 0 Å². The van der Waals surface area contributed by atoms with Crippen molar-refractivity contribution in [2.75, 3.05) is 32.7 Å². The Balaban J connectivity index is -0.0000000637.